The van der Waals surface area contributed by atoms with E-state index in [-0.39, 0.29) is 0 Å². The van der Waals surface area contributed by atoms with Gasteiger partial charge in [-0.05, 0) is 37.2 Å². The Morgan fingerprint density at radius 3 is 2.53 bits per heavy atom. The first-order valence-electron chi connectivity index (χ1n) is 7.06. The van der Waals surface area contributed by atoms with Crippen molar-refractivity contribution in [1.82, 2.24) is 9.97 Å². The van der Waals surface area contributed by atoms with E-state index < -0.39 is 0 Å². The van der Waals surface area contributed by atoms with Crippen LogP contribution in [0.1, 0.15) is 44.2 Å². The van der Waals surface area contributed by atoms with Crippen molar-refractivity contribution >= 4 is 23.2 Å². The molecule has 1 aromatic rings. The zero-order chi connectivity index (χ0) is 13.3. The van der Waals surface area contributed by atoms with E-state index in [2.05, 4.69) is 14.9 Å². The van der Waals surface area contributed by atoms with Crippen LogP contribution in [0.25, 0.3) is 0 Å². The average Bonchev–Trinajstić information content (AvgIpc) is 2.88. The molecule has 1 aromatic heterocycles. The number of nitrogens with zero attached hydrogens (tertiary/aromatic N) is 3. The zero-order valence-electron chi connectivity index (χ0n) is 11.1. The van der Waals surface area contributed by atoms with Crippen molar-refractivity contribution in [2.45, 2.75) is 38.5 Å². The molecular formula is C14H20N4S. The van der Waals surface area contributed by atoms with Crippen molar-refractivity contribution in [3.05, 3.63) is 18.0 Å². The number of piperidine rings is 1. The Labute approximate surface area is 119 Å². The first-order valence-corrected chi connectivity index (χ1v) is 7.47. The van der Waals surface area contributed by atoms with Gasteiger partial charge in [-0.3, -0.25) is 0 Å². The van der Waals surface area contributed by atoms with E-state index in [1.807, 2.05) is 0 Å². The van der Waals surface area contributed by atoms with Crippen molar-refractivity contribution in [2.75, 3.05) is 18.0 Å². The Balaban J connectivity index is 1.71. The molecule has 2 aliphatic rings. The lowest BCUT2D eigenvalue weighted by atomic mass is 9.77. The summed E-state index contributed by atoms with van der Waals surface area (Å²) in [5.74, 6) is 0.776. The normalized spacial score (nSPS) is 21.8. The monoisotopic (exact) mass is 276 g/mol. The van der Waals surface area contributed by atoms with Gasteiger partial charge in [-0.2, -0.15) is 0 Å². The largest absolute Gasteiger partial charge is 0.388 e. The molecule has 102 valence electrons. The van der Waals surface area contributed by atoms with Gasteiger partial charge < -0.3 is 10.6 Å². The molecule has 1 saturated carbocycles. The highest BCUT2D eigenvalue weighted by Gasteiger charge is 2.37. The highest BCUT2D eigenvalue weighted by Crippen LogP contribution is 2.46. The molecule has 1 aliphatic carbocycles. The van der Waals surface area contributed by atoms with Gasteiger partial charge >= 0.3 is 0 Å². The van der Waals surface area contributed by atoms with Crippen molar-refractivity contribution < 1.29 is 0 Å². The molecule has 4 nitrogen and oxygen atoms in total. The molecule has 0 amide bonds. The van der Waals surface area contributed by atoms with E-state index in [4.69, 9.17) is 18.0 Å². The Morgan fingerprint density at radius 1 is 1.21 bits per heavy atom. The average molecular weight is 276 g/mol. The number of hydrogen-bond donors (Lipinski definition) is 1. The molecule has 2 heterocycles. The maximum absolute atomic E-state index is 5.63. The lowest BCUT2D eigenvalue weighted by Crippen LogP contribution is -2.39. The fraction of sp³-hybridized carbons (Fsp3) is 0.643. The van der Waals surface area contributed by atoms with E-state index in [0.717, 1.165) is 19.0 Å². The summed E-state index contributed by atoms with van der Waals surface area (Å²) < 4.78 is 0. The fourth-order valence-electron chi connectivity index (χ4n) is 3.44. The van der Waals surface area contributed by atoms with Crippen LogP contribution in [0.3, 0.4) is 0 Å². The second kappa shape index (κ2) is 5.04. The summed E-state index contributed by atoms with van der Waals surface area (Å²) in [5, 5.41) is 0. The van der Waals surface area contributed by atoms with Crippen molar-refractivity contribution in [3.63, 3.8) is 0 Å². The number of aromatic nitrogens is 2. The second-order valence-corrected chi connectivity index (χ2v) is 6.24. The van der Waals surface area contributed by atoms with Crippen LogP contribution in [-0.2, 0) is 0 Å². The van der Waals surface area contributed by atoms with Crippen LogP contribution in [0.5, 0.6) is 0 Å². The van der Waals surface area contributed by atoms with Crippen LogP contribution in [-0.4, -0.2) is 28.0 Å². The zero-order valence-corrected chi connectivity index (χ0v) is 12.0. The molecule has 2 N–H and O–H groups in total. The third-order valence-corrected chi connectivity index (χ3v) is 4.88. The van der Waals surface area contributed by atoms with Gasteiger partial charge in [0.1, 0.15) is 10.7 Å². The van der Waals surface area contributed by atoms with Gasteiger partial charge in [0.15, 0.2) is 0 Å². The van der Waals surface area contributed by atoms with Gasteiger partial charge in [0, 0.05) is 19.3 Å². The molecule has 0 unspecified atom stereocenters. The first-order chi connectivity index (χ1) is 9.19. The number of thiocarbonyl (C=S) groups is 1. The predicted octanol–water partition coefficient (Wildman–Crippen LogP) is 2.27. The number of anilines is 1. The van der Waals surface area contributed by atoms with Crippen molar-refractivity contribution in [1.29, 1.82) is 0 Å². The van der Waals surface area contributed by atoms with E-state index in [0.29, 0.717) is 16.1 Å². The molecule has 19 heavy (non-hydrogen) atoms. The SMILES string of the molecule is NC(=S)c1ccnc(N2CCC3(CCCC3)CC2)n1. The molecule has 2 fully saturated rings. The molecule has 3 rings (SSSR count). The standard InChI is InChI=1S/C14H20N4S/c15-12(19)11-3-8-16-13(17-11)18-9-6-14(7-10-18)4-1-2-5-14/h3,8H,1-2,4-7,9-10H2,(H2,15,19). The minimum atomic E-state index is 0.341. The Bertz CT molecular complexity index is 472. The quantitative estimate of drug-likeness (QED) is 0.840. The lowest BCUT2D eigenvalue weighted by molar-refractivity contribution is 0.225. The van der Waals surface area contributed by atoms with E-state index in [1.165, 1.54) is 38.5 Å². The van der Waals surface area contributed by atoms with Gasteiger partial charge in [-0.1, -0.05) is 25.1 Å². The van der Waals surface area contributed by atoms with Crippen LogP contribution >= 0.6 is 12.2 Å². The van der Waals surface area contributed by atoms with Gasteiger partial charge in [0.2, 0.25) is 5.95 Å². The third-order valence-electron chi connectivity index (χ3n) is 4.67. The van der Waals surface area contributed by atoms with Gasteiger partial charge in [0.05, 0.1) is 0 Å². The van der Waals surface area contributed by atoms with Gasteiger partial charge in [-0.25, -0.2) is 9.97 Å². The molecule has 0 aromatic carbocycles. The van der Waals surface area contributed by atoms with Gasteiger partial charge in [-0.15, -0.1) is 0 Å². The summed E-state index contributed by atoms with van der Waals surface area (Å²) in [7, 11) is 0. The molecule has 0 radical (unpaired) electrons. The Hall–Kier alpha value is -1.23. The lowest BCUT2D eigenvalue weighted by Gasteiger charge is -2.39. The Morgan fingerprint density at radius 2 is 1.89 bits per heavy atom. The van der Waals surface area contributed by atoms with Crippen LogP contribution in [0.15, 0.2) is 12.3 Å². The smallest absolute Gasteiger partial charge is 0.225 e. The maximum Gasteiger partial charge on any atom is 0.225 e. The minimum absolute atomic E-state index is 0.341. The van der Waals surface area contributed by atoms with Crippen LogP contribution in [0.4, 0.5) is 5.95 Å². The maximum atomic E-state index is 5.63. The summed E-state index contributed by atoms with van der Waals surface area (Å²) in [5.41, 5.74) is 6.92. The molecule has 1 aliphatic heterocycles. The molecule has 1 spiro atoms. The summed E-state index contributed by atoms with van der Waals surface area (Å²) >= 11 is 4.97. The summed E-state index contributed by atoms with van der Waals surface area (Å²) in [6, 6.07) is 1.77. The Kier molecular flexibility index (Phi) is 3.39. The summed E-state index contributed by atoms with van der Waals surface area (Å²) in [4.78, 5) is 11.4. The van der Waals surface area contributed by atoms with Crippen molar-refractivity contribution in [2.24, 2.45) is 11.1 Å². The third kappa shape index (κ3) is 2.56. The van der Waals surface area contributed by atoms with Crippen LogP contribution in [0, 0.1) is 5.41 Å². The van der Waals surface area contributed by atoms with E-state index in [1.54, 1.807) is 12.3 Å². The summed E-state index contributed by atoms with van der Waals surface area (Å²) in [6.07, 6.45) is 9.93. The van der Waals surface area contributed by atoms with E-state index in [9.17, 15) is 0 Å². The molecular weight excluding hydrogens is 256 g/mol. The summed E-state index contributed by atoms with van der Waals surface area (Å²) in [6.45, 7) is 2.11. The van der Waals surface area contributed by atoms with Crippen LogP contribution in [0.2, 0.25) is 0 Å². The topological polar surface area (TPSA) is 55.0 Å². The predicted molar refractivity (Wildman–Crippen MR) is 80.3 cm³/mol. The number of rotatable bonds is 2. The molecule has 0 atom stereocenters. The molecule has 1 saturated heterocycles. The fourth-order valence-corrected chi connectivity index (χ4v) is 3.56. The van der Waals surface area contributed by atoms with Crippen LogP contribution < -0.4 is 10.6 Å². The van der Waals surface area contributed by atoms with E-state index >= 15 is 0 Å². The number of nitrogens with two attached hydrogens (primary N) is 1. The molecule has 0 bridgehead atoms. The second-order valence-electron chi connectivity index (χ2n) is 5.80. The highest BCUT2D eigenvalue weighted by molar-refractivity contribution is 7.80. The first kappa shape index (κ1) is 12.8. The molecule has 5 heteroatoms. The van der Waals surface area contributed by atoms with Crippen molar-refractivity contribution in [3.8, 4) is 0 Å². The highest BCUT2D eigenvalue weighted by atomic mass is 32.1. The number of hydrogen-bond acceptors (Lipinski definition) is 4. The minimum Gasteiger partial charge on any atom is -0.388 e. The van der Waals surface area contributed by atoms with Gasteiger partial charge in [0.25, 0.3) is 0 Å².